The highest BCUT2D eigenvalue weighted by molar-refractivity contribution is 6.06. The first-order valence-electron chi connectivity index (χ1n) is 13.5. The summed E-state index contributed by atoms with van der Waals surface area (Å²) >= 11 is 0. The molecular formula is C32H41IN2O4. The molecule has 0 spiro atoms. The number of benzene rings is 3. The number of anilines is 1. The monoisotopic (exact) mass is 644 g/mol. The maximum atomic E-state index is 12.7. The Labute approximate surface area is 250 Å². The van der Waals surface area contributed by atoms with E-state index in [-0.39, 0.29) is 35.9 Å². The molecular weight excluding hydrogens is 603 g/mol. The van der Waals surface area contributed by atoms with Gasteiger partial charge in [0.25, 0.3) is 5.91 Å². The summed E-state index contributed by atoms with van der Waals surface area (Å²) in [6, 6.07) is 24.9. The van der Waals surface area contributed by atoms with E-state index in [0.29, 0.717) is 30.9 Å². The summed E-state index contributed by atoms with van der Waals surface area (Å²) in [6.07, 6.45) is 6.42. The third-order valence-electron chi connectivity index (χ3n) is 6.28. The van der Waals surface area contributed by atoms with Crippen LogP contribution in [0.1, 0.15) is 54.4 Å². The number of esters is 1. The Hall–Kier alpha value is -2.91. The second kappa shape index (κ2) is 16.9. The highest BCUT2D eigenvalue weighted by Crippen LogP contribution is 2.21. The Morgan fingerprint density at radius 3 is 1.97 bits per heavy atom. The Kier molecular flexibility index (Phi) is 14.0. The number of amides is 1. The number of hydrogen-bond acceptors (Lipinski definition) is 4. The maximum absolute atomic E-state index is 12.7. The van der Waals surface area contributed by atoms with Gasteiger partial charge in [0.05, 0.1) is 46.3 Å². The summed E-state index contributed by atoms with van der Waals surface area (Å²) in [4.78, 5) is 24.8. The first kappa shape index (κ1) is 32.3. The average molecular weight is 645 g/mol. The smallest absolute Gasteiger partial charge is 0.310 e. The van der Waals surface area contributed by atoms with E-state index >= 15 is 0 Å². The molecule has 3 rings (SSSR count). The van der Waals surface area contributed by atoms with Gasteiger partial charge in [-0.15, -0.1) is 0 Å². The summed E-state index contributed by atoms with van der Waals surface area (Å²) in [5, 5.41) is 2.91. The van der Waals surface area contributed by atoms with Crippen LogP contribution < -0.4 is 38.5 Å². The van der Waals surface area contributed by atoms with Crippen molar-refractivity contribution in [2.24, 2.45) is 0 Å². The molecule has 0 aliphatic rings. The van der Waals surface area contributed by atoms with Gasteiger partial charge in [-0.2, -0.15) is 0 Å². The minimum Gasteiger partial charge on any atom is -1.00 e. The predicted octanol–water partition coefficient (Wildman–Crippen LogP) is 3.64. The SMILES string of the molecule is C[N+](C)(C)c1ccc(CC(=O)OCCCCCCCCOc2ccccc2C(=O)Nc2ccccc2)cc1.[I-]. The fourth-order valence-electron chi connectivity index (χ4n) is 4.06. The van der Waals surface area contributed by atoms with Crippen molar-refractivity contribution >= 4 is 23.3 Å². The summed E-state index contributed by atoms with van der Waals surface area (Å²) in [5.41, 5.74) is 3.47. The van der Waals surface area contributed by atoms with E-state index in [2.05, 4.69) is 38.6 Å². The lowest BCUT2D eigenvalue weighted by molar-refractivity contribution is -0.142. The molecule has 0 fully saturated rings. The van der Waals surface area contributed by atoms with E-state index in [1.54, 1.807) is 6.07 Å². The lowest BCUT2D eigenvalue weighted by atomic mass is 10.1. The van der Waals surface area contributed by atoms with Crippen LogP contribution in [0.3, 0.4) is 0 Å². The average Bonchev–Trinajstić information content (AvgIpc) is 2.90. The molecule has 0 aliphatic heterocycles. The van der Waals surface area contributed by atoms with E-state index in [0.717, 1.165) is 54.3 Å². The fraction of sp³-hybridized carbons (Fsp3) is 0.375. The maximum Gasteiger partial charge on any atom is 0.310 e. The third kappa shape index (κ3) is 11.8. The number of halogens is 1. The number of carbonyl (C=O) groups excluding carboxylic acids is 2. The van der Waals surface area contributed by atoms with Gasteiger partial charge in [-0.1, -0.05) is 68.1 Å². The van der Waals surface area contributed by atoms with Crippen molar-refractivity contribution in [1.29, 1.82) is 0 Å². The molecule has 1 amide bonds. The normalized spacial score (nSPS) is 10.8. The van der Waals surface area contributed by atoms with E-state index < -0.39 is 0 Å². The number of quaternary nitrogens is 1. The van der Waals surface area contributed by atoms with E-state index in [4.69, 9.17) is 9.47 Å². The molecule has 3 aromatic rings. The third-order valence-corrected chi connectivity index (χ3v) is 6.28. The molecule has 1 N–H and O–H groups in total. The second-order valence-electron chi connectivity index (χ2n) is 10.4. The van der Waals surface area contributed by atoms with Crippen molar-refractivity contribution in [1.82, 2.24) is 4.48 Å². The van der Waals surface area contributed by atoms with Gasteiger partial charge >= 0.3 is 5.97 Å². The number of unbranched alkanes of at least 4 members (excludes halogenated alkanes) is 5. The number of para-hydroxylation sites is 2. The molecule has 7 heteroatoms. The number of carbonyl (C=O) groups is 2. The molecule has 0 saturated heterocycles. The van der Waals surface area contributed by atoms with Gasteiger partial charge in [-0.05, 0) is 54.8 Å². The van der Waals surface area contributed by atoms with Crippen LogP contribution in [0.25, 0.3) is 0 Å². The second-order valence-corrected chi connectivity index (χ2v) is 10.4. The van der Waals surface area contributed by atoms with Crippen LogP contribution in [0, 0.1) is 0 Å². The van der Waals surface area contributed by atoms with E-state index in [9.17, 15) is 9.59 Å². The van der Waals surface area contributed by atoms with Crippen molar-refractivity contribution in [3.63, 3.8) is 0 Å². The Morgan fingerprint density at radius 2 is 1.31 bits per heavy atom. The number of nitrogens with zero attached hydrogens (tertiary/aromatic N) is 1. The minimum atomic E-state index is -0.176. The van der Waals surface area contributed by atoms with Crippen molar-refractivity contribution in [3.8, 4) is 5.75 Å². The first-order chi connectivity index (χ1) is 18.3. The molecule has 0 aromatic heterocycles. The predicted molar refractivity (Wildman–Crippen MR) is 155 cm³/mol. The lowest BCUT2D eigenvalue weighted by Gasteiger charge is -2.23. The van der Waals surface area contributed by atoms with Gasteiger partial charge in [0.2, 0.25) is 0 Å². The van der Waals surface area contributed by atoms with Gasteiger partial charge < -0.3 is 38.8 Å². The fourth-order valence-corrected chi connectivity index (χ4v) is 4.06. The largest absolute Gasteiger partial charge is 1.00 e. The van der Waals surface area contributed by atoms with Crippen LogP contribution in [0.4, 0.5) is 11.4 Å². The molecule has 0 unspecified atom stereocenters. The standard InChI is InChI=1S/C32H40N2O4.HI/c1-34(2,3)28-21-19-26(20-22-28)25-31(35)38-24-14-7-5-4-6-13-23-37-30-18-12-11-17-29(30)32(36)33-27-15-9-8-10-16-27;/h8-12,15-22H,4-7,13-14,23-25H2,1-3H3;1H. The van der Waals surface area contributed by atoms with Gasteiger partial charge in [0.1, 0.15) is 11.4 Å². The molecule has 0 heterocycles. The zero-order valence-corrected chi connectivity index (χ0v) is 25.5. The van der Waals surface area contributed by atoms with Crippen molar-refractivity contribution in [3.05, 3.63) is 90.0 Å². The van der Waals surface area contributed by atoms with Crippen molar-refractivity contribution in [2.75, 3.05) is 39.7 Å². The molecule has 39 heavy (non-hydrogen) atoms. The quantitative estimate of drug-likeness (QED) is 0.119. The van der Waals surface area contributed by atoms with Crippen molar-refractivity contribution in [2.45, 2.75) is 44.9 Å². The molecule has 210 valence electrons. The highest BCUT2D eigenvalue weighted by Gasteiger charge is 2.13. The molecule has 0 aliphatic carbocycles. The van der Waals surface area contributed by atoms with E-state index in [1.807, 2.05) is 60.7 Å². The van der Waals surface area contributed by atoms with Gasteiger partial charge in [-0.3, -0.25) is 14.1 Å². The van der Waals surface area contributed by atoms with Crippen LogP contribution in [-0.4, -0.2) is 46.2 Å². The number of hydrogen-bond donors (Lipinski definition) is 1. The first-order valence-corrected chi connectivity index (χ1v) is 13.5. The minimum absolute atomic E-state index is 0. The number of rotatable bonds is 15. The zero-order chi connectivity index (χ0) is 27.2. The lowest BCUT2D eigenvalue weighted by Crippen LogP contribution is -3.00. The summed E-state index contributed by atoms with van der Waals surface area (Å²) in [6.45, 7) is 1.05. The van der Waals surface area contributed by atoms with Crippen LogP contribution in [0.2, 0.25) is 0 Å². The highest BCUT2D eigenvalue weighted by atomic mass is 127. The Bertz CT molecular complexity index is 1140. The summed E-state index contributed by atoms with van der Waals surface area (Å²) in [5.74, 6) is 0.259. The zero-order valence-electron chi connectivity index (χ0n) is 23.3. The Morgan fingerprint density at radius 1 is 0.718 bits per heavy atom. The molecule has 6 nitrogen and oxygen atoms in total. The Balaban J connectivity index is 0.00000533. The summed E-state index contributed by atoms with van der Waals surface area (Å²) in [7, 11) is 6.35. The van der Waals surface area contributed by atoms with Crippen LogP contribution >= 0.6 is 0 Å². The number of nitrogens with one attached hydrogen (secondary N) is 1. The van der Waals surface area contributed by atoms with Crippen LogP contribution in [-0.2, 0) is 16.0 Å². The summed E-state index contributed by atoms with van der Waals surface area (Å²) < 4.78 is 12.1. The van der Waals surface area contributed by atoms with Gasteiger partial charge in [-0.25, -0.2) is 0 Å². The van der Waals surface area contributed by atoms with E-state index in [1.165, 1.54) is 5.69 Å². The van der Waals surface area contributed by atoms with Crippen LogP contribution in [0.5, 0.6) is 5.75 Å². The van der Waals surface area contributed by atoms with Gasteiger partial charge in [0.15, 0.2) is 0 Å². The molecule has 3 aromatic carbocycles. The molecule has 0 bridgehead atoms. The van der Waals surface area contributed by atoms with Gasteiger partial charge in [0, 0.05) is 5.69 Å². The molecule has 0 radical (unpaired) electrons. The van der Waals surface area contributed by atoms with Crippen molar-refractivity contribution < 1.29 is 43.0 Å². The van der Waals surface area contributed by atoms with Crippen LogP contribution in [0.15, 0.2) is 78.9 Å². The molecule has 0 saturated carbocycles. The topological polar surface area (TPSA) is 64.6 Å². The number of ether oxygens (including phenoxy) is 2. The molecule has 0 atom stereocenters.